The Hall–Kier alpha value is -2.54. The predicted molar refractivity (Wildman–Crippen MR) is 139 cm³/mol. The molecule has 5 rings (SSSR count). The molecule has 0 unspecified atom stereocenters. The molecule has 0 spiro atoms. The molecule has 178 valence electrons. The second-order valence-corrected chi connectivity index (χ2v) is 10.5. The summed E-state index contributed by atoms with van der Waals surface area (Å²) in [5.41, 5.74) is 4.26. The number of fused-ring (bicyclic) bond motifs is 3. The summed E-state index contributed by atoms with van der Waals surface area (Å²) < 4.78 is 3.69. The average molecular weight is 499 g/mol. The first-order valence-corrected chi connectivity index (χ1v) is 12.3. The van der Waals surface area contributed by atoms with Gasteiger partial charge in [-0.2, -0.15) is 0 Å². The van der Waals surface area contributed by atoms with Crippen LogP contribution in [-0.4, -0.2) is 44.8 Å². The van der Waals surface area contributed by atoms with Gasteiger partial charge in [0.25, 0.3) is 0 Å². The highest BCUT2D eigenvalue weighted by Crippen LogP contribution is 2.39. The maximum absolute atomic E-state index is 13.4. The maximum Gasteiger partial charge on any atom is 0.329 e. The fourth-order valence-corrected chi connectivity index (χ4v) is 5.87. The van der Waals surface area contributed by atoms with E-state index >= 15 is 0 Å². The van der Waals surface area contributed by atoms with E-state index in [2.05, 4.69) is 24.0 Å². The zero-order valence-corrected chi connectivity index (χ0v) is 21.1. The molecule has 0 atom stereocenters. The molecular weight excluding hydrogens is 471 g/mol. The van der Waals surface area contributed by atoms with E-state index in [1.54, 1.807) is 22.9 Å². The zero-order chi connectivity index (χ0) is 24.1. The van der Waals surface area contributed by atoms with Crippen molar-refractivity contribution in [3.8, 4) is 16.9 Å². The van der Waals surface area contributed by atoms with Crippen LogP contribution in [0.1, 0.15) is 31.7 Å². The lowest BCUT2D eigenvalue weighted by molar-refractivity contribution is 0.224. The molecule has 1 aliphatic carbocycles. The molecule has 2 aromatic carbocycles. The van der Waals surface area contributed by atoms with Gasteiger partial charge in [-0.3, -0.25) is 14.1 Å². The van der Waals surface area contributed by atoms with Crippen molar-refractivity contribution in [1.82, 2.24) is 19.0 Å². The van der Waals surface area contributed by atoms with Crippen molar-refractivity contribution >= 4 is 45.1 Å². The molecule has 1 fully saturated rings. The minimum Gasteiger partial charge on any atom is -0.505 e. The average Bonchev–Trinajstić information content (AvgIpc) is 3.07. The molecular formula is C26H28Cl2N4O2. The number of imidazole rings is 1. The normalized spacial score (nSPS) is 18.9. The highest BCUT2D eigenvalue weighted by atomic mass is 35.5. The molecule has 1 N–H and O–H groups in total. The van der Waals surface area contributed by atoms with Gasteiger partial charge in [0.05, 0.1) is 32.8 Å². The Balaban J connectivity index is 1.65. The second-order valence-electron chi connectivity index (χ2n) is 9.66. The van der Waals surface area contributed by atoms with Crippen molar-refractivity contribution < 1.29 is 5.11 Å². The molecule has 0 saturated heterocycles. The molecule has 2 aromatic heterocycles. The van der Waals surface area contributed by atoms with Gasteiger partial charge in [0.1, 0.15) is 0 Å². The van der Waals surface area contributed by atoms with Gasteiger partial charge < -0.3 is 10.0 Å². The number of aromatic hydroxyl groups is 1. The van der Waals surface area contributed by atoms with Crippen LogP contribution in [0.5, 0.6) is 5.75 Å². The smallest absolute Gasteiger partial charge is 0.329 e. The third kappa shape index (κ3) is 3.98. The van der Waals surface area contributed by atoms with Crippen LogP contribution >= 0.6 is 23.2 Å². The summed E-state index contributed by atoms with van der Waals surface area (Å²) in [6.45, 7) is 1.09. The van der Waals surface area contributed by atoms with Gasteiger partial charge in [-0.15, -0.1) is 0 Å². The van der Waals surface area contributed by atoms with E-state index in [1.165, 1.54) is 0 Å². The number of pyridine rings is 1. The summed E-state index contributed by atoms with van der Waals surface area (Å²) in [7, 11) is 6.05. The molecule has 8 heteroatoms. The fourth-order valence-electron chi connectivity index (χ4n) is 5.38. The minimum atomic E-state index is -0.126. The number of phenolic OH excluding ortho intramolecular Hbond substituents is 1. The molecule has 0 bridgehead atoms. The van der Waals surface area contributed by atoms with Gasteiger partial charge >= 0.3 is 5.69 Å². The van der Waals surface area contributed by atoms with Gasteiger partial charge in [-0.25, -0.2) is 4.79 Å². The largest absolute Gasteiger partial charge is 0.505 e. The van der Waals surface area contributed by atoms with Gasteiger partial charge in [-0.05, 0) is 81.1 Å². The Morgan fingerprint density at radius 2 is 1.74 bits per heavy atom. The molecule has 2 heterocycles. The lowest BCUT2D eigenvalue weighted by Gasteiger charge is -2.31. The summed E-state index contributed by atoms with van der Waals surface area (Å²) in [5.74, 6) is 0.546. The third-order valence-electron chi connectivity index (χ3n) is 7.07. The Labute approximate surface area is 208 Å². The number of aryl methyl sites for hydroxylation is 1. The predicted octanol–water partition coefficient (Wildman–Crippen LogP) is 5.86. The molecule has 1 saturated carbocycles. The molecule has 0 amide bonds. The van der Waals surface area contributed by atoms with E-state index in [9.17, 15) is 9.90 Å². The fraction of sp³-hybridized carbons (Fsp3) is 0.385. The van der Waals surface area contributed by atoms with E-state index in [-0.39, 0.29) is 27.5 Å². The third-order valence-corrected chi connectivity index (χ3v) is 7.65. The highest BCUT2D eigenvalue weighted by molar-refractivity contribution is 6.37. The quantitative estimate of drug-likeness (QED) is 0.382. The summed E-state index contributed by atoms with van der Waals surface area (Å²) in [5, 5.41) is 11.3. The van der Waals surface area contributed by atoms with Gasteiger partial charge in [0.2, 0.25) is 0 Å². The second kappa shape index (κ2) is 8.91. The van der Waals surface area contributed by atoms with E-state index in [4.69, 9.17) is 23.2 Å². The van der Waals surface area contributed by atoms with E-state index in [1.807, 2.05) is 29.8 Å². The van der Waals surface area contributed by atoms with E-state index < -0.39 is 0 Å². The van der Waals surface area contributed by atoms with Crippen molar-refractivity contribution in [3.63, 3.8) is 0 Å². The van der Waals surface area contributed by atoms with Crippen molar-refractivity contribution in [3.05, 3.63) is 57.1 Å². The summed E-state index contributed by atoms with van der Waals surface area (Å²) in [6, 6.07) is 9.51. The Morgan fingerprint density at radius 3 is 2.38 bits per heavy atom. The first-order chi connectivity index (χ1) is 16.2. The monoisotopic (exact) mass is 498 g/mol. The van der Waals surface area contributed by atoms with Crippen LogP contribution < -0.4 is 5.69 Å². The standard InChI is InChI=1S/C26H28Cl2N4O2/c1-30(2)14-15-4-7-18(8-5-15)32-24-19-10-16(17-11-20(27)25(33)21(28)12-17)6-9-22(19)29-13-23(24)31(3)26(32)34/h6,9-13,15,18,33H,4-5,7-8,14H2,1-3H3/t15-,18-. The topological polar surface area (TPSA) is 63.3 Å². The SMILES string of the molecule is CN(C)C[C@H]1CC[C@H](n2c(=O)n(C)c3cnc4ccc(-c5cc(Cl)c(O)c(Cl)c5)cc4c32)CC1. The molecule has 1 aliphatic rings. The first kappa shape index (κ1) is 23.2. The molecule has 34 heavy (non-hydrogen) atoms. The zero-order valence-electron chi connectivity index (χ0n) is 19.6. The van der Waals surface area contributed by atoms with Crippen molar-refractivity contribution in [1.29, 1.82) is 0 Å². The summed E-state index contributed by atoms with van der Waals surface area (Å²) >= 11 is 12.4. The van der Waals surface area contributed by atoms with Crippen molar-refractivity contribution in [2.75, 3.05) is 20.6 Å². The summed E-state index contributed by atoms with van der Waals surface area (Å²) in [6.07, 6.45) is 6.00. The number of aromatic nitrogens is 3. The van der Waals surface area contributed by atoms with Crippen LogP contribution in [0.2, 0.25) is 10.0 Å². The van der Waals surface area contributed by atoms with Gasteiger partial charge in [0, 0.05) is 25.0 Å². The number of halogens is 2. The molecule has 0 radical (unpaired) electrons. The molecule has 6 nitrogen and oxygen atoms in total. The number of hydrogen-bond donors (Lipinski definition) is 1. The number of hydrogen-bond acceptors (Lipinski definition) is 4. The van der Waals surface area contributed by atoms with Gasteiger partial charge in [0.15, 0.2) is 5.75 Å². The van der Waals surface area contributed by atoms with Gasteiger partial charge in [-0.1, -0.05) is 29.3 Å². The van der Waals surface area contributed by atoms with Crippen LogP contribution in [0.15, 0.2) is 41.3 Å². The number of phenols is 1. The lowest BCUT2D eigenvalue weighted by Crippen LogP contribution is -2.31. The molecule has 4 aromatic rings. The Bertz CT molecular complexity index is 1430. The lowest BCUT2D eigenvalue weighted by atomic mass is 9.85. The highest BCUT2D eigenvalue weighted by Gasteiger charge is 2.27. The summed E-state index contributed by atoms with van der Waals surface area (Å²) in [4.78, 5) is 20.3. The van der Waals surface area contributed by atoms with Crippen LogP contribution in [0, 0.1) is 5.92 Å². The first-order valence-electron chi connectivity index (χ1n) is 11.6. The Morgan fingerprint density at radius 1 is 1.06 bits per heavy atom. The van der Waals surface area contributed by atoms with Crippen LogP contribution in [0.4, 0.5) is 0 Å². The van der Waals surface area contributed by atoms with Crippen LogP contribution in [-0.2, 0) is 7.05 Å². The van der Waals surface area contributed by atoms with E-state index in [0.717, 1.165) is 65.3 Å². The maximum atomic E-state index is 13.4. The van der Waals surface area contributed by atoms with Crippen molar-refractivity contribution in [2.45, 2.75) is 31.7 Å². The number of nitrogens with zero attached hydrogens (tertiary/aromatic N) is 4. The Kier molecular flexibility index (Phi) is 6.09. The van der Waals surface area contributed by atoms with E-state index in [0.29, 0.717) is 5.92 Å². The number of rotatable bonds is 4. The number of benzene rings is 2. The van der Waals surface area contributed by atoms with Crippen molar-refractivity contribution in [2.24, 2.45) is 13.0 Å². The molecule has 0 aliphatic heterocycles. The van der Waals surface area contributed by atoms with Crippen LogP contribution in [0.3, 0.4) is 0 Å². The minimum absolute atomic E-state index is 0.00137. The van der Waals surface area contributed by atoms with Crippen LogP contribution in [0.25, 0.3) is 33.1 Å².